The molecule has 0 bridgehead atoms. The fraction of sp³-hybridized carbons (Fsp3) is 0.292. The SMILES string of the molecule is N#Cc1c(CCCNC(=O)NC(c2ccccc2)C2CC2)nn(-c2ccccc2)c1N. The summed E-state index contributed by atoms with van der Waals surface area (Å²) < 4.78 is 1.59. The number of aryl methyl sites for hydroxylation is 1. The normalized spacial score (nSPS) is 13.9. The van der Waals surface area contributed by atoms with Crippen LogP contribution in [0.3, 0.4) is 0 Å². The Bertz CT molecular complexity index is 1070. The van der Waals surface area contributed by atoms with E-state index in [4.69, 9.17) is 5.73 Å². The zero-order valence-electron chi connectivity index (χ0n) is 17.3. The summed E-state index contributed by atoms with van der Waals surface area (Å²) in [6, 6.07) is 21.6. The van der Waals surface area contributed by atoms with Crippen molar-refractivity contribution >= 4 is 11.8 Å². The number of urea groups is 1. The van der Waals surface area contributed by atoms with Crippen molar-refractivity contribution in [3.63, 3.8) is 0 Å². The number of anilines is 1. The van der Waals surface area contributed by atoms with Gasteiger partial charge in [-0.25, -0.2) is 9.48 Å². The molecule has 1 atom stereocenters. The number of carbonyl (C=O) groups excluding carboxylic acids is 1. The summed E-state index contributed by atoms with van der Waals surface area (Å²) in [5.74, 6) is 0.848. The van der Waals surface area contributed by atoms with E-state index in [1.54, 1.807) is 4.68 Å². The Balaban J connectivity index is 1.32. The van der Waals surface area contributed by atoms with E-state index >= 15 is 0 Å². The maximum atomic E-state index is 12.4. The molecule has 2 amide bonds. The molecule has 0 aliphatic heterocycles. The van der Waals surface area contributed by atoms with Gasteiger partial charge in [-0.2, -0.15) is 10.4 Å². The molecule has 158 valence electrons. The Labute approximate surface area is 181 Å². The molecule has 1 fully saturated rings. The van der Waals surface area contributed by atoms with Crippen LogP contribution < -0.4 is 16.4 Å². The van der Waals surface area contributed by atoms with E-state index in [1.165, 1.54) is 0 Å². The van der Waals surface area contributed by atoms with Crippen molar-refractivity contribution in [1.82, 2.24) is 20.4 Å². The maximum absolute atomic E-state index is 12.4. The van der Waals surface area contributed by atoms with Gasteiger partial charge in [0.2, 0.25) is 0 Å². The van der Waals surface area contributed by atoms with Gasteiger partial charge in [-0.05, 0) is 49.3 Å². The number of rotatable bonds is 8. The number of nitrogens with two attached hydrogens (primary N) is 1. The summed E-state index contributed by atoms with van der Waals surface area (Å²) >= 11 is 0. The predicted octanol–water partition coefficient (Wildman–Crippen LogP) is 3.71. The Hall–Kier alpha value is -3.79. The molecule has 1 aromatic heterocycles. The molecule has 1 unspecified atom stereocenters. The molecule has 31 heavy (non-hydrogen) atoms. The third kappa shape index (κ3) is 4.86. The van der Waals surface area contributed by atoms with Gasteiger partial charge in [-0.3, -0.25) is 0 Å². The molecular formula is C24H26N6O. The van der Waals surface area contributed by atoms with Gasteiger partial charge >= 0.3 is 6.03 Å². The molecule has 3 aromatic rings. The van der Waals surface area contributed by atoms with Crippen LogP contribution in [0.4, 0.5) is 10.6 Å². The maximum Gasteiger partial charge on any atom is 0.315 e. The number of nitriles is 1. The van der Waals surface area contributed by atoms with Crippen LogP contribution in [0.5, 0.6) is 0 Å². The van der Waals surface area contributed by atoms with Crippen LogP contribution in [0, 0.1) is 17.2 Å². The number of hydrogen-bond donors (Lipinski definition) is 3. The number of nitrogens with one attached hydrogen (secondary N) is 2. The van der Waals surface area contributed by atoms with Crippen molar-refractivity contribution in [2.45, 2.75) is 31.7 Å². The predicted molar refractivity (Wildman–Crippen MR) is 119 cm³/mol. The minimum absolute atomic E-state index is 0.0489. The van der Waals surface area contributed by atoms with Gasteiger partial charge in [0.05, 0.1) is 17.4 Å². The van der Waals surface area contributed by atoms with Crippen LogP contribution in [0.15, 0.2) is 60.7 Å². The summed E-state index contributed by atoms with van der Waals surface area (Å²) in [5, 5.41) is 20.1. The number of amides is 2. The van der Waals surface area contributed by atoms with E-state index in [2.05, 4.69) is 33.9 Å². The molecule has 0 spiro atoms. The lowest BCUT2D eigenvalue weighted by Crippen LogP contribution is -2.39. The van der Waals surface area contributed by atoms with Crippen LogP contribution in [0.1, 0.15) is 42.1 Å². The number of nitrogens with zero attached hydrogens (tertiary/aromatic N) is 3. The van der Waals surface area contributed by atoms with E-state index < -0.39 is 0 Å². The second kappa shape index (κ2) is 9.35. The van der Waals surface area contributed by atoms with Gasteiger partial charge in [0.1, 0.15) is 17.5 Å². The first-order valence-electron chi connectivity index (χ1n) is 10.6. The number of carbonyl (C=O) groups is 1. The van der Waals surface area contributed by atoms with Gasteiger partial charge < -0.3 is 16.4 Å². The number of nitrogen functional groups attached to an aromatic ring is 1. The van der Waals surface area contributed by atoms with Gasteiger partial charge in [-0.15, -0.1) is 0 Å². The molecule has 1 heterocycles. The van der Waals surface area contributed by atoms with Crippen molar-refractivity contribution < 1.29 is 4.79 Å². The monoisotopic (exact) mass is 414 g/mol. The number of benzene rings is 2. The molecule has 1 aliphatic rings. The fourth-order valence-corrected chi connectivity index (χ4v) is 3.75. The Kier molecular flexibility index (Phi) is 6.18. The van der Waals surface area contributed by atoms with Crippen LogP contribution in [-0.2, 0) is 6.42 Å². The summed E-state index contributed by atoms with van der Waals surface area (Å²) in [6.07, 6.45) is 3.50. The molecular weight excluding hydrogens is 388 g/mol. The molecule has 4 N–H and O–H groups in total. The Morgan fingerprint density at radius 3 is 2.48 bits per heavy atom. The average Bonchev–Trinajstić information content (AvgIpc) is 3.59. The topological polar surface area (TPSA) is 109 Å². The Morgan fingerprint density at radius 2 is 1.84 bits per heavy atom. The highest BCUT2D eigenvalue weighted by atomic mass is 16.2. The lowest BCUT2D eigenvalue weighted by atomic mass is 10.0. The van der Waals surface area contributed by atoms with Gasteiger partial charge in [-0.1, -0.05) is 48.5 Å². The van der Waals surface area contributed by atoms with E-state index in [1.807, 2.05) is 48.5 Å². The molecule has 7 nitrogen and oxygen atoms in total. The minimum atomic E-state index is -0.171. The van der Waals surface area contributed by atoms with Gasteiger partial charge in [0, 0.05) is 6.54 Å². The highest BCUT2D eigenvalue weighted by molar-refractivity contribution is 5.74. The highest BCUT2D eigenvalue weighted by Crippen LogP contribution is 2.40. The second-order valence-corrected chi connectivity index (χ2v) is 7.80. The van der Waals surface area contributed by atoms with Gasteiger partial charge in [0.15, 0.2) is 0 Å². The first-order valence-corrected chi connectivity index (χ1v) is 10.6. The van der Waals surface area contributed by atoms with E-state index in [-0.39, 0.29) is 12.1 Å². The summed E-state index contributed by atoms with van der Waals surface area (Å²) in [7, 11) is 0. The zero-order valence-corrected chi connectivity index (χ0v) is 17.3. The van der Waals surface area contributed by atoms with Gasteiger partial charge in [0.25, 0.3) is 0 Å². The van der Waals surface area contributed by atoms with Crippen molar-refractivity contribution in [3.8, 4) is 11.8 Å². The molecule has 1 aliphatic carbocycles. The fourth-order valence-electron chi connectivity index (χ4n) is 3.75. The van der Waals surface area contributed by atoms with E-state index in [9.17, 15) is 10.1 Å². The number of para-hydroxylation sites is 1. The summed E-state index contributed by atoms with van der Waals surface area (Å²) in [4.78, 5) is 12.4. The average molecular weight is 415 g/mol. The third-order valence-corrected chi connectivity index (χ3v) is 5.52. The lowest BCUT2D eigenvalue weighted by Gasteiger charge is -2.19. The standard InChI is InChI=1S/C24H26N6O/c25-16-20-21(29-30(23(20)26)19-10-5-2-6-11-19)12-7-15-27-24(31)28-22(18-13-14-18)17-8-3-1-4-9-17/h1-6,8-11,18,22H,7,12-15,26H2,(H2,27,28,31). The van der Waals surface area contributed by atoms with Crippen molar-refractivity contribution in [2.75, 3.05) is 12.3 Å². The number of hydrogen-bond acceptors (Lipinski definition) is 4. The molecule has 2 aromatic carbocycles. The van der Waals surface area contributed by atoms with Crippen molar-refractivity contribution in [1.29, 1.82) is 5.26 Å². The number of aromatic nitrogens is 2. The Morgan fingerprint density at radius 1 is 1.16 bits per heavy atom. The first kappa shape index (κ1) is 20.5. The van der Waals surface area contributed by atoms with Crippen molar-refractivity contribution in [2.24, 2.45) is 5.92 Å². The minimum Gasteiger partial charge on any atom is -0.382 e. The van der Waals surface area contributed by atoms with Crippen molar-refractivity contribution in [3.05, 3.63) is 77.5 Å². The summed E-state index contributed by atoms with van der Waals surface area (Å²) in [5.41, 5.74) is 9.13. The smallest absolute Gasteiger partial charge is 0.315 e. The van der Waals surface area contributed by atoms with E-state index in [0.29, 0.717) is 42.4 Å². The molecule has 7 heteroatoms. The molecule has 4 rings (SSSR count). The second-order valence-electron chi connectivity index (χ2n) is 7.80. The molecule has 0 saturated heterocycles. The summed E-state index contributed by atoms with van der Waals surface area (Å²) in [6.45, 7) is 0.487. The zero-order chi connectivity index (χ0) is 21.6. The lowest BCUT2D eigenvalue weighted by molar-refractivity contribution is 0.235. The van der Waals surface area contributed by atoms with Crippen LogP contribution in [-0.4, -0.2) is 22.4 Å². The van der Waals surface area contributed by atoms with Crippen LogP contribution in [0.2, 0.25) is 0 Å². The van der Waals surface area contributed by atoms with Crippen LogP contribution in [0.25, 0.3) is 5.69 Å². The van der Waals surface area contributed by atoms with E-state index in [0.717, 1.165) is 24.1 Å². The largest absolute Gasteiger partial charge is 0.382 e. The highest BCUT2D eigenvalue weighted by Gasteiger charge is 2.33. The molecule has 0 radical (unpaired) electrons. The molecule has 1 saturated carbocycles. The first-order chi connectivity index (χ1) is 15.2. The third-order valence-electron chi connectivity index (χ3n) is 5.52. The van der Waals surface area contributed by atoms with Crippen LogP contribution >= 0.6 is 0 Å². The quantitative estimate of drug-likeness (QED) is 0.488.